The van der Waals surface area contributed by atoms with Gasteiger partial charge in [0.25, 0.3) is 0 Å². The lowest BCUT2D eigenvalue weighted by Crippen LogP contribution is -1.91. The van der Waals surface area contributed by atoms with E-state index in [-0.39, 0.29) is 5.76 Å². The SMILES string of the molecule is C=C(O)/C=C/C(C)O. The van der Waals surface area contributed by atoms with Crippen LogP contribution < -0.4 is 0 Å². The second-order valence-electron chi connectivity index (χ2n) is 1.59. The van der Waals surface area contributed by atoms with Crippen LogP contribution >= 0.6 is 0 Å². The van der Waals surface area contributed by atoms with E-state index in [1.54, 1.807) is 6.92 Å². The summed E-state index contributed by atoms with van der Waals surface area (Å²) in [4.78, 5) is 0. The largest absolute Gasteiger partial charge is 0.509 e. The number of hydrogen-bond acceptors (Lipinski definition) is 2. The van der Waals surface area contributed by atoms with E-state index >= 15 is 0 Å². The molecule has 0 aliphatic heterocycles. The Balaban J connectivity index is 3.50. The fraction of sp³-hybridized carbons (Fsp3) is 0.333. The van der Waals surface area contributed by atoms with Gasteiger partial charge in [-0.1, -0.05) is 12.7 Å². The van der Waals surface area contributed by atoms with Crippen LogP contribution in [-0.4, -0.2) is 16.3 Å². The first-order chi connectivity index (χ1) is 3.63. The van der Waals surface area contributed by atoms with Crippen LogP contribution in [0.2, 0.25) is 0 Å². The van der Waals surface area contributed by atoms with Gasteiger partial charge in [-0.15, -0.1) is 0 Å². The van der Waals surface area contributed by atoms with E-state index in [9.17, 15) is 0 Å². The zero-order valence-electron chi connectivity index (χ0n) is 4.83. The number of hydrogen-bond donors (Lipinski definition) is 2. The van der Waals surface area contributed by atoms with E-state index in [2.05, 4.69) is 6.58 Å². The first kappa shape index (κ1) is 7.24. The maximum absolute atomic E-state index is 8.56. The van der Waals surface area contributed by atoms with Crippen molar-refractivity contribution >= 4 is 0 Å². The fourth-order valence-electron chi connectivity index (χ4n) is 0.250. The average Bonchev–Trinajstić information content (AvgIpc) is 1.61. The van der Waals surface area contributed by atoms with Gasteiger partial charge in [-0.2, -0.15) is 0 Å². The predicted molar refractivity (Wildman–Crippen MR) is 32.6 cm³/mol. The molecule has 2 N–H and O–H groups in total. The predicted octanol–water partition coefficient (Wildman–Crippen LogP) is 0.995. The normalized spacial score (nSPS) is 14.2. The number of rotatable bonds is 2. The van der Waals surface area contributed by atoms with Crippen LogP contribution in [0.3, 0.4) is 0 Å². The highest BCUT2D eigenvalue weighted by atomic mass is 16.3. The molecule has 0 saturated heterocycles. The summed E-state index contributed by atoms with van der Waals surface area (Å²) in [5.74, 6) is -0.0362. The van der Waals surface area contributed by atoms with Crippen molar-refractivity contribution in [1.29, 1.82) is 0 Å². The lowest BCUT2D eigenvalue weighted by molar-refractivity contribution is 0.243. The van der Waals surface area contributed by atoms with Gasteiger partial charge in [0.2, 0.25) is 0 Å². The molecule has 0 spiro atoms. The lowest BCUT2D eigenvalue weighted by atomic mass is 10.3. The van der Waals surface area contributed by atoms with E-state index in [1.807, 2.05) is 0 Å². The summed E-state index contributed by atoms with van der Waals surface area (Å²) in [5.41, 5.74) is 0. The van der Waals surface area contributed by atoms with Crippen LogP contribution in [-0.2, 0) is 0 Å². The minimum atomic E-state index is -0.515. The van der Waals surface area contributed by atoms with Gasteiger partial charge in [-0.25, -0.2) is 0 Å². The quantitative estimate of drug-likeness (QED) is 0.415. The van der Waals surface area contributed by atoms with Gasteiger partial charge in [0.05, 0.1) is 6.10 Å². The maximum Gasteiger partial charge on any atom is 0.108 e. The van der Waals surface area contributed by atoms with Gasteiger partial charge >= 0.3 is 0 Å². The molecule has 0 fully saturated rings. The highest BCUT2D eigenvalue weighted by Crippen LogP contribution is 1.87. The van der Waals surface area contributed by atoms with Crippen molar-refractivity contribution in [2.24, 2.45) is 0 Å². The van der Waals surface area contributed by atoms with Gasteiger partial charge in [0, 0.05) is 0 Å². The second-order valence-corrected chi connectivity index (χ2v) is 1.59. The standard InChI is InChI=1S/C6H10O2/c1-5(7)3-4-6(2)8/h3-4,6-8H,1H2,2H3/b4-3+. The highest BCUT2D eigenvalue weighted by Gasteiger charge is 1.83. The van der Waals surface area contributed by atoms with E-state index in [0.717, 1.165) is 0 Å². The van der Waals surface area contributed by atoms with Crippen LogP contribution in [0, 0.1) is 0 Å². The summed E-state index contributed by atoms with van der Waals surface area (Å²) < 4.78 is 0. The summed E-state index contributed by atoms with van der Waals surface area (Å²) in [6.45, 7) is 4.78. The Labute approximate surface area is 48.8 Å². The molecule has 46 valence electrons. The topological polar surface area (TPSA) is 40.5 Å². The summed E-state index contributed by atoms with van der Waals surface area (Å²) in [6, 6.07) is 0. The molecular weight excluding hydrogens is 104 g/mol. The maximum atomic E-state index is 8.56. The van der Waals surface area contributed by atoms with Gasteiger partial charge in [-0.05, 0) is 13.0 Å². The third-order valence-corrected chi connectivity index (χ3v) is 0.567. The van der Waals surface area contributed by atoms with Crippen LogP contribution in [0.25, 0.3) is 0 Å². The Bertz CT molecular complexity index is 103. The van der Waals surface area contributed by atoms with Crippen molar-refractivity contribution in [3.8, 4) is 0 Å². The average molecular weight is 114 g/mol. The monoisotopic (exact) mass is 114 g/mol. The van der Waals surface area contributed by atoms with Crippen molar-refractivity contribution in [2.45, 2.75) is 13.0 Å². The molecule has 0 rings (SSSR count). The third-order valence-electron chi connectivity index (χ3n) is 0.567. The molecule has 0 bridgehead atoms. The first-order valence-electron chi connectivity index (χ1n) is 2.37. The molecule has 1 atom stereocenters. The van der Waals surface area contributed by atoms with Crippen LogP contribution in [0.5, 0.6) is 0 Å². The number of allylic oxidation sites excluding steroid dienone is 1. The molecule has 0 aromatic carbocycles. The Morgan fingerprint density at radius 2 is 2.25 bits per heavy atom. The van der Waals surface area contributed by atoms with E-state index < -0.39 is 6.10 Å². The Morgan fingerprint density at radius 1 is 1.75 bits per heavy atom. The molecule has 0 saturated carbocycles. The Morgan fingerprint density at radius 3 is 2.38 bits per heavy atom. The summed E-state index contributed by atoms with van der Waals surface area (Å²) >= 11 is 0. The fourth-order valence-corrected chi connectivity index (χ4v) is 0.250. The van der Waals surface area contributed by atoms with Gasteiger partial charge in [-0.3, -0.25) is 0 Å². The molecule has 0 aliphatic carbocycles. The van der Waals surface area contributed by atoms with Crippen molar-refractivity contribution in [2.75, 3.05) is 0 Å². The van der Waals surface area contributed by atoms with Crippen LogP contribution in [0.15, 0.2) is 24.5 Å². The first-order valence-corrected chi connectivity index (χ1v) is 2.37. The van der Waals surface area contributed by atoms with Crippen molar-refractivity contribution in [3.63, 3.8) is 0 Å². The molecule has 8 heavy (non-hydrogen) atoms. The highest BCUT2D eigenvalue weighted by molar-refractivity contribution is 5.06. The molecule has 0 aromatic rings. The molecule has 1 unspecified atom stereocenters. The van der Waals surface area contributed by atoms with Crippen LogP contribution in [0.1, 0.15) is 6.92 Å². The Kier molecular flexibility index (Phi) is 2.96. The Hall–Kier alpha value is -0.760. The number of aliphatic hydroxyl groups is 2. The van der Waals surface area contributed by atoms with Crippen molar-refractivity contribution in [1.82, 2.24) is 0 Å². The van der Waals surface area contributed by atoms with Crippen molar-refractivity contribution in [3.05, 3.63) is 24.5 Å². The number of aliphatic hydroxyl groups excluding tert-OH is 2. The minimum absolute atomic E-state index is 0.0362. The summed E-state index contributed by atoms with van der Waals surface area (Å²) in [5, 5.41) is 17.0. The molecule has 0 aromatic heterocycles. The van der Waals surface area contributed by atoms with Crippen LogP contribution in [0.4, 0.5) is 0 Å². The van der Waals surface area contributed by atoms with E-state index in [0.29, 0.717) is 0 Å². The summed E-state index contributed by atoms with van der Waals surface area (Å²) in [7, 11) is 0. The van der Waals surface area contributed by atoms with Gasteiger partial charge in [0.1, 0.15) is 5.76 Å². The van der Waals surface area contributed by atoms with Crippen molar-refractivity contribution < 1.29 is 10.2 Å². The molecule has 0 radical (unpaired) electrons. The third kappa shape index (κ3) is 5.24. The zero-order chi connectivity index (χ0) is 6.57. The molecular formula is C6H10O2. The molecule has 2 heteroatoms. The minimum Gasteiger partial charge on any atom is -0.509 e. The molecule has 2 nitrogen and oxygen atoms in total. The second kappa shape index (κ2) is 3.27. The molecule has 0 heterocycles. The van der Waals surface area contributed by atoms with Gasteiger partial charge in [0.15, 0.2) is 0 Å². The molecule has 0 aliphatic rings. The summed E-state index contributed by atoms with van der Waals surface area (Å²) in [6.07, 6.45) is 2.28. The smallest absolute Gasteiger partial charge is 0.108 e. The van der Waals surface area contributed by atoms with E-state index in [4.69, 9.17) is 10.2 Å². The van der Waals surface area contributed by atoms with Gasteiger partial charge < -0.3 is 10.2 Å². The molecule has 0 amide bonds. The van der Waals surface area contributed by atoms with E-state index in [1.165, 1.54) is 12.2 Å². The zero-order valence-corrected chi connectivity index (χ0v) is 4.83. The lowest BCUT2D eigenvalue weighted by Gasteiger charge is -1.90.